The van der Waals surface area contributed by atoms with Crippen molar-refractivity contribution in [3.63, 3.8) is 0 Å². The monoisotopic (exact) mass is 513 g/mol. The zero-order valence-electron chi connectivity index (χ0n) is 20.4. The SMILES string of the molecule is CCCCS(=O)(=O)NC(COC(=O)OC(C)C)C(=O)N[C@@H](C)C(=O)NCc1ccc(C(=N)N)cc1. The number of rotatable bonds is 14. The van der Waals surface area contributed by atoms with Gasteiger partial charge in [0.1, 0.15) is 24.5 Å². The molecule has 0 radical (unpaired) electrons. The van der Waals surface area contributed by atoms with Crippen LogP contribution in [0, 0.1) is 5.41 Å². The minimum Gasteiger partial charge on any atom is -0.432 e. The molecule has 0 fully saturated rings. The number of nitrogens with two attached hydrogens (primary N) is 1. The fourth-order valence-corrected chi connectivity index (χ4v) is 4.07. The van der Waals surface area contributed by atoms with Crippen LogP contribution in [-0.4, -0.2) is 62.8 Å². The van der Waals surface area contributed by atoms with Crippen molar-refractivity contribution in [2.75, 3.05) is 12.4 Å². The lowest BCUT2D eigenvalue weighted by molar-refractivity contribution is -0.130. The molecule has 12 nitrogen and oxygen atoms in total. The molecule has 1 unspecified atom stereocenters. The number of carbonyl (C=O) groups is 3. The highest BCUT2D eigenvalue weighted by Gasteiger charge is 2.28. The maximum absolute atomic E-state index is 12.7. The number of benzene rings is 1. The molecule has 6 N–H and O–H groups in total. The van der Waals surface area contributed by atoms with Gasteiger partial charge in [0.15, 0.2) is 0 Å². The number of unbranched alkanes of at least 4 members (excludes halogenated alkanes) is 1. The van der Waals surface area contributed by atoms with Gasteiger partial charge in [-0.3, -0.25) is 15.0 Å². The third-order valence-corrected chi connectivity index (χ3v) is 6.06. The Labute approximate surface area is 205 Å². The van der Waals surface area contributed by atoms with Gasteiger partial charge in [-0.2, -0.15) is 4.72 Å². The Morgan fingerprint density at radius 1 is 1.09 bits per heavy atom. The lowest BCUT2D eigenvalue weighted by atomic mass is 10.1. The Morgan fingerprint density at radius 2 is 1.71 bits per heavy atom. The molecule has 35 heavy (non-hydrogen) atoms. The molecule has 2 atom stereocenters. The van der Waals surface area contributed by atoms with E-state index in [2.05, 4.69) is 15.4 Å². The van der Waals surface area contributed by atoms with E-state index in [4.69, 9.17) is 20.6 Å². The number of nitrogen functional groups attached to an aromatic ring is 1. The summed E-state index contributed by atoms with van der Waals surface area (Å²) in [6.45, 7) is 6.02. The van der Waals surface area contributed by atoms with E-state index in [0.717, 1.165) is 5.56 Å². The Morgan fingerprint density at radius 3 is 2.26 bits per heavy atom. The van der Waals surface area contributed by atoms with Crippen LogP contribution in [0.15, 0.2) is 24.3 Å². The van der Waals surface area contributed by atoms with Crippen LogP contribution in [0.25, 0.3) is 0 Å². The number of amidine groups is 1. The topological polar surface area (TPSA) is 190 Å². The molecule has 196 valence electrons. The minimum absolute atomic E-state index is 0.0711. The largest absolute Gasteiger partial charge is 0.508 e. The van der Waals surface area contributed by atoms with Gasteiger partial charge in [-0.1, -0.05) is 37.6 Å². The highest BCUT2D eigenvalue weighted by Crippen LogP contribution is 2.04. The molecule has 0 spiro atoms. The molecule has 0 saturated heterocycles. The predicted octanol–water partition coefficient (Wildman–Crippen LogP) is 0.741. The molecule has 0 aromatic heterocycles. The van der Waals surface area contributed by atoms with E-state index in [-0.39, 0.29) is 18.1 Å². The van der Waals surface area contributed by atoms with Crippen molar-refractivity contribution in [2.45, 2.75) is 65.3 Å². The van der Waals surface area contributed by atoms with Gasteiger partial charge in [-0.15, -0.1) is 0 Å². The zero-order valence-corrected chi connectivity index (χ0v) is 21.2. The second kappa shape index (κ2) is 14.3. The molecule has 0 aliphatic carbocycles. The van der Waals surface area contributed by atoms with Gasteiger partial charge < -0.3 is 25.8 Å². The van der Waals surface area contributed by atoms with E-state index in [1.165, 1.54) is 6.92 Å². The van der Waals surface area contributed by atoms with E-state index in [1.807, 2.05) is 6.92 Å². The average Bonchev–Trinajstić information content (AvgIpc) is 2.78. The van der Waals surface area contributed by atoms with Crippen molar-refractivity contribution in [2.24, 2.45) is 5.73 Å². The van der Waals surface area contributed by atoms with Crippen molar-refractivity contribution in [1.82, 2.24) is 15.4 Å². The van der Waals surface area contributed by atoms with Crippen LogP contribution in [0.1, 0.15) is 51.7 Å². The van der Waals surface area contributed by atoms with Gasteiger partial charge >= 0.3 is 6.16 Å². The van der Waals surface area contributed by atoms with Crippen molar-refractivity contribution in [3.05, 3.63) is 35.4 Å². The summed E-state index contributed by atoms with van der Waals surface area (Å²) in [5.41, 5.74) is 6.71. The predicted molar refractivity (Wildman–Crippen MR) is 130 cm³/mol. The summed E-state index contributed by atoms with van der Waals surface area (Å²) in [7, 11) is -3.84. The number of nitrogens with one attached hydrogen (secondary N) is 4. The van der Waals surface area contributed by atoms with Crippen LogP contribution in [0.2, 0.25) is 0 Å². The lowest BCUT2D eigenvalue weighted by Gasteiger charge is -2.21. The quantitative estimate of drug-likeness (QED) is 0.137. The first-order valence-corrected chi connectivity index (χ1v) is 12.8. The third kappa shape index (κ3) is 11.7. The maximum atomic E-state index is 12.7. The number of hydrogen-bond donors (Lipinski definition) is 5. The fraction of sp³-hybridized carbons (Fsp3) is 0.545. The number of hydrogen-bond acceptors (Lipinski definition) is 8. The highest BCUT2D eigenvalue weighted by atomic mass is 32.2. The highest BCUT2D eigenvalue weighted by molar-refractivity contribution is 7.89. The number of sulfonamides is 1. The first-order valence-electron chi connectivity index (χ1n) is 11.2. The molecule has 0 saturated carbocycles. The summed E-state index contributed by atoms with van der Waals surface area (Å²) in [5, 5.41) is 12.5. The molecule has 1 aromatic carbocycles. The van der Waals surface area contributed by atoms with Gasteiger partial charge in [0, 0.05) is 12.1 Å². The number of carbonyl (C=O) groups excluding carboxylic acids is 3. The van der Waals surface area contributed by atoms with Crippen molar-refractivity contribution < 1.29 is 32.3 Å². The van der Waals surface area contributed by atoms with Gasteiger partial charge in [0.25, 0.3) is 0 Å². The maximum Gasteiger partial charge on any atom is 0.508 e. The van der Waals surface area contributed by atoms with Gasteiger partial charge in [0.05, 0.1) is 11.9 Å². The molecule has 0 bridgehead atoms. The Bertz CT molecular complexity index is 980. The van der Waals surface area contributed by atoms with E-state index in [9.17, 15) is 22.8 Å². The summed E-state index contributed by atoms with van der Waals surface area (Å²) < 4.78 is 36.6. The first-order chi connectivity index (χ1) is 16.3. The Balaban J connectivity index is 2.76. The van der Waals surface area contributed by atoms with Crippen LogP contribution in [-0.2, 0) is 35.6 Å². The second-order valence-corrected chi connectivity index (χ2v) is 10.0. The van der Waals surface area contributed by atoms with Crippen molar-refractivity contribution in [1.29, 1.82) is 5.41 Å². The molecular weight excluding hydrogens is 478 g/mol. The van der Waals surface area contributed by atoms with Crippen LogP contribution >= 0.6 is 0 Å². The van der Waals surface area contributed by atoms with E-state index < -0.39 is 52.8 Å². The average molecular weight is 514 g/mol. The number of amides is 2. The molecule has 2 amide bonds. The number of ether oxygens (including phenoxy) is 2. The van der Waals surface area contributed by atoms with E-state index in [1.54, 1.807) is 38.1 Å². The van der Waals surface area contributed by atoms with Gasteiger partial charge in [-0.05, 0) is 32.8 Å². The summed E-state index contributed by atoms with van der Waals surface area (Å²) >= 11 is 0. The Kier molecular flexibility index (Phi) is 12.2. The van der Waals surface area contributed by atoms with Crippen molar-refractivity contribution >= 4 is 33.8 Å². The lowest BCUT2D eigenvalue weighted by Crippen LogP contribution is -2.54. The third-order valence-electron chi connectivity index (χ3n) is 4.59. The molecular formula is C22H35N5O7S. The summed E-state index contributed by atoms with van der Waals surface area (Å²) in [5.74, 6) is -1.63. The molecule has 1 aromatic rings. The van der Waals surface area contributed by atoms with Gasteiger partial charge in [0.2, 0.25) is 21.8 Å². The molecule has 1 rings (SSSR count). The van der Waals surface area contributed by atoms with Crippen LogP contribution < -0.4 is 21.1 Å². The van der Waals surface area contributed by atoms with E-state index >= 15 is 0 Å². The molecule has 13 heteroatoms. The Hall–Kier alpha value is -3.19. The van der Waals surface area contributed by atoms with Crippen LogP contribution in [0.5, 0.6) is 0 Å². The van der Waals surface area contributed by atoms with Crippen molar-refractivity contribution in [3.8, 4) is 0 Å². The normalized spacial score (nSPS) is 12.9. The molecule has 0 aliphatic heterocycles. The summed E-state index contributed by atoms with van der Waals surface area (Å²) in [6, 6.07) is 4.24. The second-order valence-electron chi connectivity index (χ2n) is 8.13. The summed E-state index contributed by atoms with van der Waals surface area (Å²) in [6.07, 6.45) is -0.499. The first kappa shape index (κ1) is 29.8. The van der Waals surface area contributed by atoms with E-state index in [0.29, 0.717) is 18.4 Å². The fourth-order valence-electron chi connectivity index (χ4n) is 2.68. The molecule has 0 aliphatic rings. The molecule has 0 heterocycles. The van der Waals surface area contributed by atoms with Gasteiger partial charge in [-0.25, -0.2) is 13.2 Å². The standard InChI is InChI=1S/C22H35N5O7S/c1-5-6-11-35(31,32)27-18(13-33-22(30)34-14(2)3)21(29)26-15(4)20(28)25-12-16-7-9-17(10-8-16)19(23)24/h7-10,14-15,18,27H,5-6,11-13H2,1-4H3,(H3,23,24)(H,25,28)(H,26,29)/t15-,18?/m0/s1. The zero-order chi connectivity index (χ0) is 26.6. The van der Waals surface area contributed by atoms with Crippen LogP contribution in [0.3, 0.4) is 0 Å². The smallest absolute Gasteiger partial charge is 0.432 e. The van der Waals surface area contributed by atoms with Crippen LogP contribution in [0.4, 0.5) is 4.79 Å². The minimum atomic E-state index is -3.84. The summed E-state index contributed by atoms with van der Waals surface area (Å²) in [4.78, 5) is 36.9.